The number of nitrogens with zero attached hydrogens (tertiary/aromatic N) is 2. The van der Waals surface area contributed by atoms with Gasteiger partial charge in [-0.05, 0) is 29.8 Å². The maximum atomic E-state index is 13.7. The first-order chi connectivity index (χ1) is 13.8. The van der Waals surface area contributed by atoms with Gasteiger partial charge in [-0.25, -0.2) is 9.18 Å². The van der Waals surface area contributed by atoms with Crippen LogP contribution in [-0.2, 0) is 14.3 Å². The number of methoxy groups -OCH3 is 1. The topological polar surface area (TPSA) is 132 Å². The molecule has 2 aromatic rings. The first-order valence-electron chi connectivity index (χ1n) is 8.01. The van der Waals surface area contributed by atoms with Crippen molar-refractivity contribution in [2.45, 2.75) is 0 Å². The quantitative estimate of drug-likeness (QED) is 0.249. The predicted molar refractivity (Wildman–Crippen MR) is 99.2 cm³/mol. The summed E-state index contributed by atoms with van der Waals surface area (Å²) in [5.41, 5.74) is -0.729. The van der Waals surface area contributed by atoms with Crippen molar-refractivity contribution in [3.05, 3.63) is 69.5 Å². The van der Waals surface area contributed by atoms with E-state index in [0.29, 0.717) is 11.3 Å². The van der Waals surface area contributed by atoms with Crippen molar-refractivity contribution in [1.82, 2.24) is 0 Å². The van der Waals surface area contributed by atoms with E-state index in [4.69, 9.17) is 14.7 Å². The number of hydrogen-bond acceptors (Lipinski definition) is 7. The molecule has 2 rings (SSSR count). The molecule has 0 aliphatic heterocycles. The summed E-state index contributed by atoms with van der Waals surface area (Å²) in [6.45, 7) is -0.821. The number of carbonyl (C=O) groups excluding carboxylic acids is 2. The van der Waals surface area contributed by atoms with E-state index in [1.54, 1.807) is 30.3 Å². The van der Waals surface area contributed by atoms with Crippen molar-refractivity contribution in [2.24, 2.45) is 0 Å². The number of ether oxygens (including phenoxy) is 2. The minimum Gasteiger partial charge on any atom is -0.497 e. The van der Waals surface area contributed by atoms with E-state index in [1.807, 2.05) is 0 Å². The van der Waals surface area contributed by atoms with Crippen molar-refractivity contribution in [1.29, 1.82) is 5.26 Å². The average Bonchev–Trinajstić information content (AvgIpc) is 2.71. The maximum Gasteiger partial charge on any atom is 0.349 e. The molecule has 148 valence electrons. The van der Waals surface area contributed by atoms with Crippen molar-refractivity contribution < 1.29 is 28.4 Å². The van der Waals surface area contributed by atoms with Crippen LogP contribution in [0.1, 0.15) is 5.56 Å². The summed E-state index contributed by atoms with van der Waals surface area (Å²) in [6.07, 6.45) is 1.25. The Bertz CT molecular complexity index is 1030. The zero-order valence-corrected chi connectivity index (χ0v) is 15.0. The standard InChI is InChI=1S/C19H14FN3O6/c1-28-15-4-2-3-12(8-15)7-13(10-21)19(25)29-11-18(24)22-17-9-14(23(26)27)5-6-16(17)20/h2-9H,11H2,1H3,(H,22,24)/b13-7+. The van der Waals surface area contributed by atoms with Gasteiger partial charge in [0.25, 0.3) is 11.6 Å². The van der Waals surface area contributed by atoms with Gasteiger partial charge in [-0.1, -0.05) is 12.1 Å². The fourth-order valence-electron chi connectivity index (χ4n) is 2.15. The van der Waals surface area contributed by atoms with E-state index >= 15 is 0 Å². The zero-order valence-electron chi connectivity index (χ0n) is 15.0. The van der Waals surface area contributed by atoms with Crippen molar-refractivity contribution >= 4 is 29.3 Å². The lowest BCUT2D eigenvalue weighted by Gasteiger charge is -2.07. The Balaban J connectivity index is 2.02. The molecular formula is C19H14FN3O6. The molecule has 10 heteroatoms. The smallest absolute Gasteiger partial charge is 0.349 e. The fourth-order valence-corrected chi connectivity index (χ4v) is 2.15. The number of hydrogen-bond donors (Lipinski definition) is 1. The van der Waals surface area contributed by atoms with Crippen LogP contribution in [0.3, 0.4) is 0 Å². The average molecular weight is 399 g/mol. The van der Waals surface area contributed by atoms with Gasteiger partial charge in [-0.15, -0.1) is 0 Å². The molecule has 0 aliphatic carbocycles. The van der Waals surface area contributed by atoms with Crippen LogP contribution < -0.4 is 10.1 Å². The lowest BCUT2D eigenvalue weighted by molar-refractivity contribution is -0.384. The summed E-state index contributed by atoms with van der Waals surface area (Å²) in [6, 6.07) is 10.8. The first-order valence-corrected chi connectivity index (χ1v) is 8.01. The summed E-state index contributed by atoms with van der Waals surface area (Å²) >= 11 is 0. The van der Waals surface area contributed by atoms with Gasteiger partial charge in [0.15, 0.2) is 6.61 Å². The van der Waals surface area contributed by atoms with E-state index < -0.39 is 40.6 Å². The molecule has 29 heavy (non-hydrogen) atoms. The molecule has 9 nitrogen and oxygen atoms in total. The number of nitro groups is 1. The van der Waals surface area contributed by atoms with Crippen LogP contribution in [0.4, 0.5) is 15.8 Å². The maximum absolute atomic E-state index is 13.7. The summed E-state index contributed by atoms with van der Waals surface area (Å²) in [7, 11) is 1.46. The molecule has 0 saturated heterocycles. The number of rotatable bonds is 7. The molecule has 1 amide bonds. The van der Waals surface area contributed by atoms with Gasteiger partial charge in [0.05, 0.1) is 17.7 Å². The number of benzene rings is 2. The minimum atomic E-state index is -1.06. The molecule has 1 N–H and O–H groups in total. The van der Waals surface area contributed by atoms with Crippen molar-refractivity contribution in [2.75, 3.05) is 19.0 Å². The molecule has 0 radical (unpaired) electrons. The predicted octanol–water partition coefficient (Wildman–Crippen LogP) is 2.83. The fraction of sp³-hybridized carbons (Fsp3) is 0.105. The molecule has 2 aromatic carbocycles. The summed E-state index contributed by atoms with van der Waals surface area (Å²) < 4.78 is 23.5. The minimum absolute atomic E-state index is 0.368. The van der Waals surface area contributed by atoms with E-state index in [1.165, 1.54) is 13.2 Å². The number of halogens is 1. The highest BCUT2D eigenvalue weighted by Crippen LogP contribution is 2.21. The third-order valence-electron chi connectivity index (χ3n) is 3.51. The number of nitriles is 1. The Hall–Kier alpha value is -4.26. The Labute approximate surface area is 164 Å². The van der Waals surface area contributed by atoms with Gasteiger partial charge in [0.1, 0.15) is 23.2 Å². The van der Waals surface area contributed by atoms with Gasteiger partial charge in [0, 0.05) is 12.1 Å². The second kappa shape index (κ2) is 9.61. The SMILES string of the molecule is COc1cccc(/C=C(\C#N)C(=O)OCC(=O)Nc2cc([N+](=O)[O-])ccc2F)c1. The summed E-state index contributed by atoms with van der Waals surface area (Å²) in [5, 5.41) is 21.9. The third kappa shape index (κ3) is 5.86. The van der Waals surface area contributed by atoms with E-state index in [9.17, 15) is 24.1 Å². The summed E-state index contributed by atoms with van der Waals surface area (Å²) in [4.78, 5) is 33.8. The number of esters is 1. The van der Waals surface area contributed by atoms with Crippen molar-refractivity contribution in [3.63, 3.8) is 0 Å². The van der Waals surface area contributed by atoms with Gasteiger partial charge in [-0.3, -0.25) is 14.9 Å². The molecule has 0 saturated carbocycles. The molecule has 0 unspecified atom stereocenters. The lowest BCUT2D eigenvalue weighted by Crippen LogP contribution is -2.22. The van der Waals surface area contributed by atoms with Crippen molar-refractivity contribution in [3.8, 4) is 11.8 Å². The number of carbonyl (C=O) groups is 2. The highest BCUT2D eigenvalue weighted by molar-refractivity contribution is 6.00. The van der Waals surface area contributed by atoms with Gasteiger partial charge in [0.2, 0.25) is 0 Å². The van der Waals surface area contributed by atoms with Gasteiger partial charge < -0.3 is 14.8 Å². The molecule has 0 aromatic heterocycles. The summed E-state index contributed by atoms with van der Waals surface area (Å²) in [5.74, 6) is -2.38. The monoisotopic (exact) mass is 399 g/mol. The molecule has 0 bridgehead atoms. The van der Waals surface area contributed by atoms with Crippen LogP contribution >= 0.6 is 0 Å². The van der Waals surface area contributed by atoms with Crippen LogP contribution in [0.25, 0.3) is 6.08 Å². The first kappa shape index (κ1) is 21.0. The Morgan fingerprint density at radius 3 is 2.72 bits per heavy atom. The normalized spacial score (nSPS) is 10.6. The Kier molecular flexibility index (Phi) is 6.97. The Morgan fingerprint density at radius 1 is 1.31 bits per heavy atom. The van der Waals surface area contributed by atoms with Crippen LogP contribution in [0.2, 0.25) is 0 Å². The zero-order chi connectivity index (χ0) is 21.4. The molecule has 0 atom stereocenters. The lowest BCUT2D eigenvalue weighted by atomic mass is 10.1. The highest BCUT2D eigenvalue weighted by atomic mass is 19.1. The third-order valence-corrected chi connectivity index (χ3v) is 3.51. The number of nitro benzene ring substituents is 1. The van der Waals surface area contributed by atoms with Crippen LogP contribution in [0.5, 0.6) is 5.75 Å². The molecule has 0 heterocycles. The second-order valence-electron chi connectivity index (χ2n) is 5.49. The van der Waals surface area contributed by atoms with Crippen LogP contribution in [0, 0.1) is 27.3 Å². The molecule has 0 fully saturated rings. The molecular weight excluding hydrogens is 385 g/mol. The number of amides is 1. The number of nitrogens with one attached hydrogen (secondary N) is 1. The molecule has 0 aliphatic rings. The Morgan fingerprint density at radius 2 is 2.07 bits per heavy atom. The van der Waals surface area contributed by atoms with Gasteiger partial charge >= 0.3 is 5.97 Å². The van der Waals surface area contributed by atoms with E-state index in [-0.39, 0.29) is 5.57 Å². The van der Waals surface area contributed by atoms with Crippen LogP contribution in [-0.4, -0.2) is 30.5 Å². The number of non-ortho nitro benzene ring substituents is 1. The molecule has 0 spiro atoms. The largest absolute Gasteiger partial charge is 0.497 e. The van der Waals surface area contributed by atoms with Crippen LogP contribution in [0.15, 0.2) is 48.0 Å². The van der Waals surface area contributed by atoms with E-state index in [0.717, 1.165) is 18.2 Å². The second-order valence-corrected chi connectivity index (χ2v) is 5.49. The number of anilines is 1. The van der Waals surface area contributed by atoms with Gasteiger partial charge in [-0.2, -0.15) is 5.26 Å². The highest BCUT2D eigenvalue weighted by Gasteiger charge is 2.16. The van der Waals surface area contributed by atoms with E-state index in [2.05, 4.69) is 5.32 Å².